The van der Waals surface area contributed by atoms with Gasteiger partial charge in [-0.25, -0.2) is 0 Å². The van der Waals surface area contributed by atoms with Crippen LogP contribution in [-0.4, -0.2) is 19.3 Å². The Hall–Kier alpha value is -0.500. The molecule has 0 aliphatic heterocycles. The molecule has 2 atom stereocenters. The third-order valence-electron chi connectivity index (χ3n) is 1.42. The predicted molar refractivity (Wildman–Crippen MR) is 41.8 cm³/mol. The minimum Gasteiger partial charge on any atom is -0.493 e. The van der Waals surface area contributed by atoms with Crippen LogP contribution in [0.3, 0.4) is 0 Å². The highest BCUT2D eigenvalue weighted by molar-refractivity contribution is 4.77. The Balaban J connectivity index is 3.61. The normalized spacial score (nSPS) is 16.0. The smallest absolute Gasteiger partial charge is 0.121 e. The number of ether oxygens (including phenoxy) is 2. The van der Waals surface area contributed by atoms with Gasteiger partial charge in [-0.2, -0.15) is 0 Å². The van der Waals surface area contributed by atoms with Crippen LogP contribution in [0.2, 0.25) is 0 Å². The van der Waals surface area contributed by atoms with E-state index >= 15 is 0 Å². The fourth-order valence-corrected chi connectivity index (χ4v) is 0.605. The quantitative estimate of drug-likeness (QED) is 0.561. The van der Waals surface area contributed by atoms with Crippen LogP contribution < -0.4 is 0 Å². The van der Waals surface area contributed by atoms with Gasteiger partial charge in [0.1, 0.15) is 6.10 Å². The van der Waals surface area contributed by atoms with Crippen LogP contribution >= 0.6 is 0 Å². The van der Waals surface area contributed by atoms with Crippen LogP contribution in [0.25, 0.3) is 0 Å². The molecular weight excluding hydrogens is 128 g/mol. The average Bonchev–Trinajstić information content (AvgIpc) is 1.85. The minimum atomic E-state index is 0.0856. The van der Waals surface area contributed by atoms with E-state index in [1.54, 1.807) is 7.11 Å². The summed E-state index contributed by atoms with van der Waals surface area (Å²) in [5.41, 5.74) is 0. The summed E-state index contributed by atoms with van der Waals surface area (Å²) >= 11 is 0. The zero-order chi connectivity index (χ0) is 8.15. The fraction of sp³-hybridized carbons (Fsp3) is 0.750. The molecule has 0 N–H and O–H groups in total. The molecule has 0 aromatic heterocycles. The molecule has 2 unspecified atom stereocenters. The van der Waals surface area contributed by atoms with Crippen LogP contribution in [-0.2, 0) is 9.47 Å². The number of allylic oxidation sites excluding steroid dienone is 1. The second-order valence-electron chi connectivity index (χ2n) is 2.47. The van der Waals surface area contributed by atoms with Crippen LogP contribution in [0, 0.1) is 0 Å². The van der Waals surface area contributed by atoms with Crippen molar-refractivity contribution < 1.29 is 9.47 Å². The molecule has 2 heteroatoms. The number of hydrogen-bond acceptors (Lipinski definition) is 2. The van der Waals surface area contributed by atoms with E-state index in [1.807, 2.05) is 20.8 Å². The molecule has 60 valence electrons. The maximum absolute atomic E-state index is 5.28. The Morgan fingerprint density at radius 2 is 1.80 bits per heavy atom. The minimum absolute atomic E-state index is 0.0856. The van der Waals surface area contributed by atoms with Crippen molar-refractivity contribution in [1.29, 1.82) is 0 Å². The van der Waals surface area contributed by atoms with Gasteiger partial charge in [0.05, 0.1) is 11.9 Å². The van der Waals surface area contributed by atoms with E-state index < -0.39 is 0 Å². The lowest BCUT2D eigenvalue weighted by Crippen LogP contribution is -2.24. The third kappa shape index (κ3) is 3.51. The summed E-state index contributed by atoms with van der Waals surface area (Å²) in [6.45, 7) is 9.39. The van der Waals surface area contributed by atoms with E-state index in [1.165, 1.54) is 0 Å². The molecule has 0 aliphatic carbocycles. The van der Waals surface area contributed by atoms with Crippen molar-refractivity contribution in [1.82, 2.24) is 0 Å². The maximum Gasteiger partial charge on any atom is 0.121 e. The molecule has 0 radical (unpaired) electrons. The fourth-order valence-electron chi connectivity index (χ4n) is 0.605. The average molecular weight is 144 g/mol. The van der Waals surface area contributed by atoms with Crippen LogP contribution in [0.1, 0.15) is 20.8 Å². The lowest BCUT2D eigenvalue weighted by molar-refractivity contribution is -0.00833. The van der Waals surface area contributed by atoms with Crippen molar-refractivity contribution in [3.05, 3.63) is 12.3 Å². The molecule has 2 nitrogen and oxygen atoms in total. The second-order valence-corrected chi connectivity index (χ2v) is 2.47. The van der Waals surface area contributed by atoms with Gasteiger partial charge >= 0.3 is 0 Å². The van der Waals surface area contributed by atoms with Crippen molar-refractivity contribution >= 4 is 0 Å². The van der Waals surface area contributed by atoms with E-state index in [-0.39, 0.29) is 12.2 Å². The lowest BCUT2D eigenvalue weighted by Gasteiger charge is -2.19. The molecule has 0 saturated carbocycles. The lowest BCUT2D eigenvalue weighted by atomic mass is 10.2. The second kappa shape index (κ2) is 4.34. The largest absolute Gasteiger partial charge is 0.493 e. The van der Waals surface area contributed by atoms with E-state index in [4.69, 9.17) is 9.47 Å². The molecule has 0 aliphatic rings. The topological polar surface area (TPSA) is 18.5 Å². The van der Waals surface area contributed by atoms with Crippen LogP contribution in [0.15, 0.2) is 12.3 Å². The highest BCUT2D eigenvalue weighted by atomic mass is 16.5. The maximum atomic E-state index is 5.28. The van der Waals surface area contributed by atoms with Gasteiger partial charge in [-0.05, 0) is 20.8 Å². The number of methoxy groups -OCH3 is 1. The van der Waals surface area contributed by atoms with E-state index in [0.717, 1.165) is 5.76 Å². The standard InChI is InChI=1S/C8H16O2/c1-6(2)10-8(4)7(3)9-5/h7-8H,1H2,2-5H3. The molecule has 0 rings (SSSR count). The van der Waals surface area contributed by atoms with Crippen LogP contribution in [0.5, 0.6) is 0 Å². The Morgan fingerprint density at radius 1 is 1.30 bits per heavy atom. The Bertz CT molecular complexity index is 110. The van der Waals surface area contributed by atoms with Gasteiger partial charge in [0.25, 0.3) is 0 Å². The van der Waals surface area contributed by atoms with Gasteiger partial charge in [-0.1, -0.05) is 6.58 Å². The van der Waals surface area contributed by atoms with Gasteiger partial charge in [0.2, 0.25) is 0 Å². The van der Waals surface area contributed by atoms with Crippen LogP contribution in [0.4, 0.5) is 0 Å². The SMILES string of the molecule is C=C(C)OC(C)C(C)OC. The summed E-state index contributed by atoms with van der Waals surface area (Å²) < 4.78 is 10.3. The summed E-state index contributed by atoms with van der Waals surface area (Å²) in [7, 11) is 1.67. The monoisotopic (exact) mass is 144 g/mol. The van der Waals surface area contributed by atoms with Gasteiger partial charge in [0, 0.05) is 7.11 Å². The Kier molecular flexibility index (Phi) is 4.12. The van der Waals surface area contributed by atoms with Gasteiger partial charge < -0.3 is 9.47 Å². The van der Waals surface area contributed by atoms with E-state index in [0.29, 0.717) is 0 Å². The van der Waals surface area contributed by atoms with Gasteiger partial charge in [0.15, 0.2) is 0 Å². The van der Waals surface area contributed by atoms with E-state index in [9.17, 15) is 0 Å². The summed E-state index contributed by atoms with van der Waals surface area (Å²) in [4.78, 5) is 0. The first-order valence-electron chi connectivity index (χ1n) is 3.43. The summed E-state index contributed by atoms with van der Waals surface area (Å²) in [5, 5.41) is 0. The molecule has 0 amide bonds. The van der Waals surface area contributed by atoms with Gasteiger partial charge in [-0.3, -0.25) is 0 Å². The zero-order valence-electron chi connectivity index (χ0n) is 7.18. The zero-order valence-corrected chi connectivity index (χ0v) is 7.18. The third-order valence-corrected chi connectivity index (χ3v) is 1.42. The van der Waals surface area contributed by atoms with Crippen molar-refractivity contribution in [3.8, 4) is 0 Å². The van der Waals surface area contributed by atoms with E-state index in [2.05, 4.69) is 6.58 Å². The first-order valence-corrected chi connectivity index (χ1v) is 3.43. The summed E-state index contributed by atoms with van der Waals surface area (Å²) in [6, 6.07) is 0. The predicted octanol–water partition coefficient (Wildman–Crippen LogP) is 1.96. The number of rotatable bonds is 4. The molecule has 0 aromatic carbocycles. The summed E-state index contributed by atoms with van der Waals surface area (Å²) in [5.74, 6) is 0.733. The first-order chi connectivity index (χ1) is 4.57. The van der Waals surface area contributed by atoms with Crippen molar-refractivity contribution in [2.24, 2.45) is 0 Å². The van der Waals surface area contributed by atoms with Crippen molar-refractivity contribution in [3.63, 3.8) is 0 Å². The Morgan fingerprint density at radius 3 is 2.10 bits per heavy atom. The van der Waals surface area contributed by atoms with Crippen molar-refractivity contribution in [2.45, 2.75) is 33.0 Å². The summed E-state index contributed by atoms with van der Waals surface area (Å²) in [6.07, 6.45) is 0.208. The van der Waals surface area contributed by atoms with Crippen molar-refractivity contribution in [2.75, 3.05) is 7.11 Å². The molecule has 0 aromatic rings. The molecule has 0 bridgehead atoms. The highest BCUT2D eigenvalue weighted by Crippen LogP contribution is 2.05. The van der Waals surface area contributed by atoms with Gasteiger partial charge in [-0.15, -0.1) is 0 Å². The number of hydrogen-bond donors (Lipinski definition) is 0. The Labute approximate surface area is 62.8 Å². The molecule has 0 fully saturated rings. The molecular formula is C8H16O2. The highest BCUT2D eigenvalue weighted by Gasteiger charge is 2.10. The first kappa shape index (κ1) is 9.50. The molecule has 0 spiro atoms. The molecule has 10 heavy (non-hydrogen) atoms. The molecule has 0 heterocycles. The molecule has 0 saturated heterocycles.